The highest BCUT2D eigenvalue weighted by atomic mass is 15.1. The van der Waals surface area contributed by atoms with E-state index in [2.05, 4.69) is 57.0 Å². The molecular weight excluding hydrogens is 196 g/mol. The van der Waals surface area contributed by atoms with Gasteiger partial charge in [0.2, 0.25) is 0 Å². The van der Waals surface area contributed by atoms with Gasteiger partial charge in [-0.05, 0) is 30.9 Å². The quantitative estimate of drug-likeness (QED) is 0.826. The fourth-order valence-electron chi connectivity index (χ4n) is 2.11. The predicted molar refractivity (Wildman–Crippen MR) is 71.9 cm³/mol. The van der Waals surface area contributed by atoms with Gasteiger partial charge < -0.3 is 10.6 Å². The Labute approximate surface area is 99.5 Å². The second-order valence-corrected chi connectivity index (χ2v) is 4.92. The maximum absolute atomic E-state index is 5.87. The van der Waals surface area contributed by atoms with Crippen LogP contribution in [0.5, 0.6) is 0 Å². The molecule has 0 aliphatic heterocycles. The van der Waals surface area contributed by atoms with Crippen LogP contribution in [0.1, 0.15) is 25.8 Å². The van der Waals surface area contributed by atoms with Gasteiger partial charge in [-0.3, -0.25) is 0 Å². The van der Waals surface area contributed by atoms with E-state index in [-0.39, 0.29) is 0 Å². The molecular formula is C14H24N2. The molecule has 2 N–H and O–H groups in total. The first-order chi connectivity index (χ1) is 7.56. The summed E-state index contributed by atoms with van der Waals surface area (Å²) in [4.78, 5) is 2.31. The monoisotopic (exact) mass is 220 g/mol. The number of benzene rings is 1. The predicted octanol–water partition coefficient (Wildman–Crippen LogP) is 2.80. The summed E-state index contributed by atoms with van der Waals surface area (Å²) in [7, 11) is 2.14. The highest BCUT2D eigenvalue weighted by Gasteiger charge is 2.16. The lowest BCUT2D eigenvalue weighted by Gasteiger charge is -2.31. The summed E-state index contributed by atoms with van der Waals surface area (Å²) < 4.78 is 0. The van der Waals surface area contributed by atoms with Crippen molar-refractivity contribution in [2.75, 3.05) is 18.5 Å². The SMILES string of the molecule is Cc1ccccc1N(C)C(CN)CC(C)C. The third-order valence-corrected chi connectivity index (χ3v) is 3.06. The third-order valence-electron chi connectivity index (χ3n) is 3.06. The van der Waals surface area contributed by atoms with E-state index in [1.54, 1.807) is 0 Å². The average Bonchev–Trinajstić information content (AvgIpc) is 2.25. The molecule has 0 saturated carbocycles. The van der Waals surface area contributed by atoms with Crippen LogP contribution in [0, 0.1) is 12.8 Å². The van der Waals surface area contributed by atoms with Crippen LogP contribution >= 0.6 is 0 Å². The van der Waals surface area contributed by atoms with E-state index in [0.717, 1.165) is 6.42 Å². The minimum atomic E-state index is 0.432. The first-order valence-corrected chi connectivity index (χ1v) is 6.04. The summed E-state index contributed by atoms with van der Waals surface area (Å²) in [6, 6.07) is 8.91. The van der Waals surface area contributed by atoms with Crippen molar-refractivity contribution < 1.29 is 0 Å². The smallest absolute Gasteiger partial charge is 0.0411 e. The number of hydrogen-bond acceptors (Lipinski definition) is 2. The Morgan fingerprint density at radius 2 is 1.88 bits per heavy atom. The standard InChI is InChI=1S/C14H24N2/c1-11(2)9-13(10-15)16(4)14-8-6-5-7-12(14)3/h5-8,11,13H,9-10,15H2,1-4H3. The molecule has 0 aliphatic carbocycles. The highest BCUT2D eigenvalue weighted by molar-refractivity contribution is 5.53. The van der Waals surface area contributed by atoms with Crippen LogP contribution in [0.15, 0.2) is 24.3 Å². The highest BCUT2D eigenvalue weighted by Crippen LogP contribution is 2.22. The summed E-state index contributed by atoms with van der Waals surface area (Å²) in [6.07, 6.45) is 1.14. The largest absolute Gasteiger partial charge is 0.370 e. The summed E-state index contributed by atoms with van der Waals surface area (Å²) in [6.45, 7) is 7.35. The molecule has 0 bridgehead atoms. The van der Waals surface area contributed by atoms with Gasteiger partial charge in [-0.2, -0.15) is 0 Å². The molecule has 0 aliphatic rings. The van der Waals surface area contributed by atoms with Crippen LogP contribution in [-0.2, 0) is 0 Å². The molecule has 1 aromatic rings. The Hall–Kier alpha value is -1.02. The van der Waals surface area contributed by atoms with Crippen molar-refractivity contribution in [2.45, 2.75) is 33.2 Å². The molecule has 1 aromatic carbocycles. The fourth-order valence-corrected chi connectivity index (χ4v) is 2.11. The number of para-hydroxylation sites is 1. The van der Waals surface area contributed by atoms with Gasteiger partial charge in [-0.15, -0.1) is 0 Å². The van der Waals surface area contributed by atoms with Gasteiger partial charge in [0, 0.05) is 25.3 Å². The lowest BCUT2D eigenvalue weighted by Crippen LogP contribution is -2.39. The van der Waals surface area contributed by atoms with Gasteiger partial charge in [0.15, 0.2) is 0 Å². The van der Waals surface area contributed by atoms with Gasteiger partial charge in [0.05, 0.1) is 0 Å². The van der Waals surface area contributed by atoms with Gasteiger partial charge in [-0.25, -0.2) is 0 Å². The number of anilines is 1. The van der Waals surface area contributed by atoms with Crippen LogP contribution in [0.25, 0.3) is 0 Å². The molecule has 1 rings (SSSR count). The third kappa shape index (κ3) is 3.24. The lowest BCUT2D eigenvalue weighted by molar-refractivity contribution is 0.484. The molecule has 0 amide bonds. The zero-order valence-corrected chi connectivity index (χ0v) is 10.9. The zero-order valence-electron chi connectivity index (χ0n) is 10.9. The Morgan fingerprint density at radius 3 is 2.38 bits per heavy atom. The second kappa shape index (κ2) is 5.90. The van der Waals surface area contributed by atoms with E-state index >= 15 is 0 Å². The Kier molecular flexibility index (Phi) is 4.81. The number of hydrogen-bond donors (Lipinski definition) is 1. The summed E-state index contributed by atoms with van der Waals surface area (Å²) in [5.74, 6) is 0.681. The second-order valence-electron chi connectivity index (χ2n) is 4.92. The van der Waals surface area contributed by atoms with E-state index in [1.165, 1.54) is 11.3 Å². The van der Waals surface area contributed by atoms with E-state index in [4.69, 9.17) is 5.73 Å². The van der Waals surface area contributed by atoms with Crippen molar-refractivity contribution in [3.63, 3.8) is 0 Å². The van der Waals surface area contributed by atoms with Gasteiger partial charge >= 0.3 is 0 Å². The summed E-state index contributed by atoms with van der Waals surface area (Å²) in [5.41, 5.74) is 8.47. The van der Waals surface area contributed by atoms with E-state index in [1.807, 2.05) is 0 Å². The molecule has 0 aromatic heterocycles. The van der Waals surface area contributed by atoms with Gasteiger partial charge in [0.25, 0.3) is 0 Å². The molecule has 2 heteroatoms. The Morgan fingerprint density at radius 1 is 1.25 bits per heavy atom. The Bertz CT molecular complexity index is 320. The minimum Gasteiger partial charge on any atom is -0.370 e. The van der Waals surface area contributed by atoms with Crippen LogP contribution < -0.4 is 10.6 Å². The molecule has 0 heterocycles. The maximum Gasteiger partial charge on any atom is 0.0411 e. The first-order valence-electron chi connectivity index (χ1n) is 6.04. The maximum atomic E-state index is 5.87. The zero-order chi connectivity index (χ0) is 12.1. The minimum absolute atomic E-state index is 0.432. The topological polar surface area (TPSA) is 29.3 Å². The van der Waals surface area contributed by atoms with E-state index in [9.17, 15) is 0 Å². The van der Waals surface area contributed by atoms with Gasteiger partial charge in [-0.1, -0.05) is 32.0 Å². The van der Waals surface area contributed by atoms with Crippen LogP contribution in [0.4, 0.5) is 5.69 Å². The normalized spacial score (nSPS) is 12.9. The van der Waals surface area contributed by atoms with Crippen LogP contribution in [0.2, 0.25) is 0 Å². The summed E-state index contributed by atoms with van der Waals surface area (Å²) >= 11 is 0. The molecule has 1 atom stereocenters. The van der Waals surface area contributed by atoms with E-state index < -0.39 is 0 Å². The molecule has 0 spiro atoms. The summed E-state index contributed by atoms with van der Waals surface area (Å²) in [5, 5.41) is 0. The average molecular weight is 220 g/mol. The van der Waals surface area contributed by atoms with Gasteiger partial charge in [0.1, 0.15) is 0 Å². The molecule has 0 fully saturated rings. The van der Waals surface area contributed by atoms with Crippen molar-refractivity contribution in [3.8, 4) is 0 Å². The molecule has 16 heavy (non-hydrogen) atoms. The van der Waals surface area contributed by atoms with Crippen LogP contribution in [0.3, 0.4) is 0 Å². The van der Waals surface area contributed by atoms with E-state index in [0.29, 0.717) is 18.5 Å². The molecule has 2 nitrogen and oxygen atoms in total. The lowest BCUT2D eigenvalue weighted by atomic mass is 10.0. The number of nitrogens with two attached hydrogens (primary N) is 1. The van der Waals surface area contributed by atoms with Crippen molar-refractivity contribution in [1.82, 2.24) is 0 Å². The first kappa shape index (κ1) is 13.0. The number of aryl methyl sites for hydroxylation is 1. The molecule has 0 saturated heterocycles. The molecule has 1 unspecified atom stereocenters. The molecule has 90 valence electrons. The number of nitrogens with zero attached hydrogens (tertiary/aromatic N) is 1. The van der Waals surface area contributed by atoms with Crippen molar-refractivity contribution in [1.29, 1.82) is 0 Å². The van der Waals surface area contributed by atoms with Crippen LogP contribution in [-0.4, -0.2) is 19.6 Å². The van der Waals surface area contributed by atoms with Crippen molar-refractivity contribution in [3.05, 3.63) is 29.8 Å². The fraction of sp³-hybridized carbons (Fsp3) is 0.571. The van der Waals surface area contributed by atoms with Crippen molar-refractivity contribution in [2.24, 2.45) is 11.7 Å². The number of likely N-dealkylation sites (N-methyl/N-ethyl adjacent to an activating group) is 1. The number of rotatable bonds is 5. The molecule has 0 radical (unpaired) electrons. The van der Waals surface area contributed by atoms with Crippen molar-refractivity contribution >= 4 is 5.69 Å². The Balaban J connectivity index is 2.82.